The van der Waals surface area contributed by atoms with Crippen molar-refractivity contribution in [3.8, 4) is 34.3 Å². The van der Waals surface area contributed by atoms with Crippen LogP contribution in [0.5, 0.6) is 23.0 Å². The number of aryl methyl sites for hydroxylation is 1. The van der Waals surface area contributed by atoms with E-state index < -0.39 is 23.4 Å². The van der Waals surface area contributed by atoms with Crippen molar-refractivity contribution in [3.63, 3.8) is 0 Å². The Morgan fingerprint density at radius 3 is 2.38 bits per heavy atom. The zero-order chi connectivity index (χ0) is 24.5. The van der Waals surface area contributed by atoms with E-state index in [1.54, 1.807) is 24.3 Å². The summed E-state index contributed by atoms with van der Waals surface area (Å²) in [6.45, 7) is 0.186. The number of nitrogens with zero attached hydrogens (tertiary/aromatic N) is 2. The number of hydrogen-bond acceptors (Lipinski definition) is 4. The number of benzene rings is 3. The van der Waals surface area contributed by atoms with Gasteiger partial charge in [0.1, 0.15) is 35.4 Å². The third-order valence-corrected chi connectivity index (χ3v) is 5.08. The Labute approximate surface area is 196 Å². The monoisotopic (exact) mass is 492 g/mol. The number of halogens is 5. The van der Waals surface area contributed by atoms with Crippen LogP contribution in [0.3, 0.4) is 0 Å². The first-order chi connectivity index (χ1) is 16.1. The van der Waals surface area contributed by atoms with E-state index in [9.17, 15) is 22.7 Å². The number of phenolic OH excluding ortho intramolecular Hbond substituents is 1. The number of hydrogen-bond donors (Lipinski definition) is 1. The minimum absolute atomic E-state index is 0.0173. The largest absolute Gasteiger partial charge is 0.507 e. The fraction of sp³-hybridized carbons (Fsp3) is 0.125. The lowest BCUT2D eigenvalue weighted by atomic mass is 10.1. The topological polar surface area (TPSA) is 56.5 Å². The summed E-state index contributed by atoms with van der Waals surface area (Å²) in [5, 5.41) is 15.1. The second-order valence-corrected chi connectivity index (χ2v) is 7.74. The van der Waals surface area contributed by atoms with E-state index in [-0.39, 0.29) is 35.1 Å². The van der Waals surface area contributed by atoms with Gasteiger partial charge in [-0.3, -0.25) is 4.68 Å². The van der Waals surface area contributed by atoms with Crippen molar-refractivity contribution in [1.29, 1.82) is 0 Å². The second-order valence-electron chi connectivity index (χ2n) is 7.30. The molecule has 34 heavy (non-hydrogen) atoms. The fourth-order valence-electron chi connectivity index (χ4n) is 3.29. The average Bonchev–Trinajstić information content (AvgIpc) is 3.09. The summed E-state index contributed by atoms with van der Waals surface area (Å²) in [4.78, 5) is 0. The Hall–Kier alpha value is -3.72. The van der Waals surface area contributed by atoms with E-state index in [1.165, 1.54) is 30.3 Å². The van der Waals surface area contributed by atoms with Gasteiger partial charge in [0.25, 0.3) is 0 Å². The zero-order valence-corrected chi connectivity index (χ0v) is 18.4. The van der Waals surface area contributed by atoms with Crippen LogP contribution in [0.1, 0.15) is 11.3 Å². The molecule has 5 nitrogen and oxygen atoms in total. The van der Waals surface area contributed by atoms with Gasteiger partial charge in [0, 0.05) is 29.8 Å². The Kier molecular flexibility index (Phi) is 6.39. The first-order valence-electron chi connectivity index (χ1n) is 9.90. The molecule has 4 rings (SSSR count). The molecule has 0 amide bonds. The highest BCUT2D eigenvalue weighted by atomic mass is 35.5. The summed E-state index contributed by atoms with van der Waals surface area (Å²) in [7, 11) is 1.10. The predicted octanol–water partition coefficient (Wildman–Crippen LogP) is 6.98. The average molecular weight is 493 g/mol. The summed E-state index contributed by atoms with van der Waals surface area (Å²) < 4.78 is 66.5. The Morgan fingerprint density at radius 2 is 1.74 bits per heavy atom. The van der Waals surface area contributed by atoms with Gasteiger partial charge in [-0.25, -0.2) is 4.39 Å². The second kappa shape index (κ2) is 9.26. The molecule has 0 saturated heterocycles. The highest BCUT2D eigenvalue weighted by Gasteiger charge is 2.41. The molecule has 3 aromatic carbocycles. The normalized spacial score (nSPS) is 11.5. The molecule has 1 heterocycles. The minimum Gasteiger partial charge on any atom is -0.507 e. The Balaban J connectivity index is 1.68. The Bertz CT molecular complexity index is 1320. The molecule has 176 valence electrons. The molecule has 4 aromatic rings. The van der Waals surface area contributed by atoms with E-state index >= 15 is 0 Å². The third kappa shape index (κ3) is 5.09. The molecule has 0 aliphatic carbocycles. The van der Waals surface area contributed by atoms with Crippen LogP contribution in [0.15, 0.2) is 66.7 Å². The van der Waals surface area contributed by atoms with Crippen LogP contribution in [0.25, 0.3) is 11.3 Å². The number of phenols is 1. The standard InChI is InChI=1S/C24H17ClF4N2O3/c1-31-23(24(27,28)29)22(34-18-4-2-3-16(26)11-18)21(30-31)19-10-9-17(12-20(19)32)33-13-14-5-7-15(25)8-6-14/h2-12,32H,13H2,1H3. The van der Waals surface area contributed by atoms with Crippen molar-refractivity contribution in [1.82, 2.24) is 9.78 Å². The summed E-state index contributed by atoms with van der Waals surface area (Å²) in [6.07, 6.45) is -4.82. The van der Waals surface area contributed by atoms with Gasteiger partial charge in [0.2, 0.25) is 0 Å². The van der Waals surface area contributed by atoms with E-state index in [0.29, 0.717) is 9.70 Å². The zero-order valence-electron chi connectivity index (χ0n) is 17.6. The number of aromatic nitrogens is 2. The molecular formula is C24H17ClF4N2O3. The number of ether oxygens (including phenoxy) is 2. The van der Waals surface area contributed by atoms with Crippen molar-refractivity contribution in [3.05, 3.63) is 88.8 Å². The maximum Gasteiger partial charge on any atom is 0.436 e. The molecule has 0 unspecified atom stereocenters. The highest BCUT2D eigenvalue weighted by Crippen LogP contribution is 2.46. The van der Waals surface area contributed by atoms with Gasteiger partial charge in [-0.15, -0.1) is 0 Å². The van der Waals surface area contributed by atoms with E-state index in [1.807, 2.05) is 0 Å². The molecule has 1 aromatic heterocycles. The predicted molar refractivity (Wildman–Crippen MR) is 118 cm³/mol. The molecule has 0 saturated carbocycles. The first kappa shape index (κ1) is 23.4. The number of aromatic hydroxyl groups is 1. The first-order valence-corrected chi connectivity index (χ1v) is 10.3. The van der Waals surface area contributed by atoms with E-state index in [2.05, 4.69) is 5.10 Å². The molecule has 0 atom stereocenters. The maximum atomic E-state index is 13.8. The summed E-state index contributed by atoms with van der Waals surface area (Å²) in [6, 6.07) is 15.8. The van der Waals surface area contributed by atoms with Crippen LogP contribution >= 0.6 is 11.6 Å². The van der Waals surface area contributed by atoms with Crippen LogP contribution < -0.4 is 9.47 Å². The van der Waals surface area contributed by atoms with Crippen LogP contribution in [-0.4, -0.2) is 14.9 Å². The summed E-state index contributed by atoms with van der Waals surface area (Å²) in [5.74, 6) is -1.57. The Morgan fingerprint density at radius 1 is 1.00 bits per heavy atom. The minimum atomic E-state index is -4.82. The molecule has 0 spiro atoms. The molecule has 0 bridgehead atoms. The van der Waals surface area contributed by atoms with Crippen LogP contribution in [0.4, 0.5) is 17.6 Å². The lowest BCUT2D eigenvalue weighted by molar-refractivity contribution is -0.144. The summed E-state index contributed by atoms with van der Waals surface area (Å²) >= 11 is 5.86. The molecule has 0 radical (unpaired) electrons. The van der Waals surface area contributed by atoms with Crippen molar-refractivity contribution < 1.29 is 32.1 Å². The quantitative estimate of drug-likeness (QED) is 0.295. The third-order valence-electron chi connectivity index (χ3n) is 4.83. The van der Waals surface area contributed by atoms with Crippen molar-refractivity contribution in [2.75, 3.05) is 0 Å². The fourth-order valence-corrected chi connectivity index (χ4v) is 3.41. The molecule has 10 heteroatoms. The lowest BCUT2D eigenvalue weighted by Gasteiger charge is -2.13. The molecule has 1 N–H and O–H groups in total. The van der Waals surface area contributed by atoms with Crippen LogP contribution in [0.2, 0.25) is 5.02 Å². The maximum absolute atomic E-state index is 13.8. The van der Waals surface area contributed by atoms with Gasteiger partial charge >= 0.3 is 6.18 Å². The lowest BCUT2D eigenvalue weighted by Crippen LogP contribution is -2.12. The van der Waals surface area contributed by atoms with E-state index in [0.717, 1.165) is 24.7 Å². The molecular weight excluding hydrogens is 476 g/mol. The number of alkyl halides is 3. The van der Waals surface area contributed by atoms with Gasteiger partial charge in [0.05, 0.1) is 0 Å². The summed E-state index contributed by atoms with van der Waals surface area (Å²) in [5.41, 5.74) is -0.635. The van der Waals surface area contributed by atoms with Gasteiger partial charge in [-0.2, -0.15) is 18.3 Å². The van der Waals surface area contributed by atoms with Gasteiger partial charge in [-0.05, 0) is 42.0 Å². The van der Waals surface area contributed by atoms with E-state index in [4.69, 9.17) is 21.1 Å². The van der Waals surface area contributed by atoms with Crippen molar-refractivity contribution >= 4 is 11.6 Å². The smallest absolute Gasteiger partial charge is 0.436 e. The van der Waals surface area contributed by atoms with Crippen molar-refractivity contribution in [2.45, 2.75) is 12.8 Å². The SMILES string of the molecule is Cn1nc(-c2ccc(OCc3ccc(Cl)cc3)cc2O)c(Oc2cccc(F)c2)c1C(F)(F)F. The highest BCUT2D eigenvalue weighted by molar-refractivity contribution is 6.30. The van der Waals surface area contributed by atoms with Gasteiger partial charge in [-0.1, -0.05) is 29.8 Å². The van der Waals surface area contributed by atoms with Crippen LogP contribution in [-0.2, 0) is 19.8 Å². The van der Waals surface area contributed by atoms with Crippen molar-refractivity contribution in [2.24, 2.45) is 7.05 Å². The number of rotatable bonds is 6. The van der Waals surface area contributed by atoms with Gasteiger partial charge in [0.15, 0.2) is 11.4 Å². The van der Waals surface area contributed by atoms with Crippen LogP contribution in [0, 0.1) is 5.82 Å². The molecule has 0 aliphatic rings. The molecule has 0 aliphatic heterocycles. The van der Waals surface area contributed by atoms with Gasteiger partial charge < -0.3 is 14.6 Å². The molecule has 0 fully saturated rings.